The standard InChI is InChI=1S/3C7H12FNO2.Fe/c3*1-3-4-9-7(11)6(8)5(2)10;/h3*6H,3-4H2,1-2H3,(H,9,11);/q;;;+3/p-3. The molecule has 0 aromatic rings. The van der Waals surface area contributed by atoms with Crippen molar-refractivity contribution in [3.8, 4) is 0 Å². The van der Waals surface area contributed by atoms with Crippen molar-refractivity contribution >= 4 is 35.1 Å². The fourth-order valence-corrected chi connectivity index (χ4v) is 1.43. The summed E-state index contributed by atoms with van der Waals surface area (Å²) in [6.45, 7) is 9.40. The van der Waals surface area contributed by atoms with Crippen molar-refractivity contribution < 1.29 is 59.0 Å². The molecule has 0 aliphatic heterocycles. The van der Waals surface area contributed by atoms with Crippen LogP contribution in [0.5, 0.6) is 0 Å². The Morgan fingerprint density at radius 3 is 0.824 bits per heavy atom. The van der Waals surface area contributed by atoms with Crippen molar-refractivity contribution in [1.29, 1.82) is 0 Å². The molecule has 13 heteroatoms. The topological polar surface area (TPSA) is 145 Å². The Hall–Kier alpha value is -2.27. The largest absolute Gasteiger partial charge is 3.00 e. The molecule has 0 aromatic heterocycles. The Morgan fingerprint density at radius 1 is 0.529 bits per heavy atom. The van der Waals surface area contributed by atoms with Crippen molar-refractivity contribution in [2.45, 2.75) is 79.3 Å². The number of hydrogen-bond acceptors (Lipinski definition) is 6. The molecule has 3 atom stereocenters. The Labute approximate surface area is 209 Å². The third kappa shape index (κ3) is 21.6. The molecule has 0 rings (SSSR count). The van der Waals surface area contributed by atoms with Crippen molar-refractivity contribution in [2.24, 2.45) is 0 Å². The monoisotopic (exact) mass is 536 g/mol. The average molecular weight is 536 g/mol. The SMILES string of the molecule is CCC[N-]C(=O)C(F)C(C)=O.CCC[N-]C(=O)C(F)C(C)=O.CCC[N-]C(=O)C(F)C(C)=O.[Fe+3]. The second-order valence-corrected chi connectivity index (χ2v) is 6.58. The second kappa shape index (κ2) is 23.9. The van der Waals surface area contributed by atoms with Gasteiger partial charge in [-0.15, -0.1) is 19.6 Å². The van der Waals surface area contributed by atoms with Gasteiger partial charge in [0.25, 0.3) is 0 Å². The first-order valence-corrected chi connectivity index (χ1v) is 10.4. The van der Waals surface area contributed by atoms with Gasteiger partial charge in [-0.3, -0.25) is 14.4 Å². The van der Waals surface area contributed by atoms with E-state index in [0.717, 1.165) is 20.8 Å². The van der Waals surface area contributed by atoms with E-state index in [2.05, 4.69) is 16.0 Å². The Morgan fingerprint density at radius 2 is 0.706 bits per heavy atom. The number of rotatable bonds is 12. The molecule has 0 bridgehead atoms. The number of nitrogens with zero attached hydrogens (tertiary/aromatic N) is 3. The maximum atomic E-state index is 12.4. The summed E-state index contributed by atoms with van der Waals surface area (Å²) in [6, 6.07) is 0. The van der Waals surface area contributed by atoms with Gasteiger partial charge in [-0.25, -0.2) is 13.2 Å². The maximum Gasteiger partial charge on any atom is 3.00 e. The van der Waals surface area contributed by atoms with Crippen LogP contribution in [0.25, 0.3) is 16.0 Å². The van der Waals surface area contributed by atoms with Crippen molar-refractivity contribution in [3.63, 3.8) is 0 Å². The zero-order valence-corrected chi connectivity index (χ0v) is 21.4. The predicted molar refractivity (Wildman–Crippen MR) is 117 cm³/mol. The molecule has 0 heterocycles. The molecule has 9 nitrogen and oxygen atoms in total. The summed E-state index contributed by atoms with van der Waals surface area (Å²) in [5.74, 6) is -5.22. The fraction of sp³-hybridized carbons (Fsp3) is 0.714. The molecule has 34 heavy (non-hydrogen) atoms. The third-order valence-electron chi connectivity index (χ3n) is 3.19. The number of ketones is 3. The van der Waals surface area contributed by atoms with Gasteiger partial charge >= 0.3 is 17.1 Å². The summed E-state index contributed by atoms with van der Waals surface area (Å²) in [5, 5.41) is 9.99. The van der Waals surface area contributed by atoms with E-state index in [4.69, 9.17) is 0 Å². The Balaban J connectivity index is -0.000000196. The smallest absolute Gasteiger partial charge is 0.650 e. The molecule has 3 amide bonds. The summed E-state index contributed by atoms with van der Waals surface area (Å²) >= 11 is 0. The summed E-state index contributed by atoms with van der Waals surface area (Å²) in [5.41, 5.74) is 0. The first-order valence-electron chi connectivity index (χ1n) is 10.4. The van der Waals surface area contributed by atoms with Crippen LogP contribution in [0.1, 0.15) is 60.8 Å². The van der Waals surface area contributed by atoms with Crippen LogP contribution in [0.4, 0.5) is 13.2 Å². The van der Waals surface area contributed by atoms with Gasteiger partial charge in [0, 0.05) is 0 Å². The molecule has 0 N–H and O–H groups in total. The number of amides is 3. The Bertz CT molecular complexity index is 568. The number of alkyl halides is 3. The van der Waals surface area contributed by atoms with E-state index in [1.165, 1.54) is 0 Å². The van der Waals surface area contributed by atoms with E-state index in [-0.39, 0.29) is 36.7 Å². The molecular weight excluding hydrogens is 503 g/mol. The van der Waals surface area contributed by atoms with Crippen LogP contribution in [0, 0.1) is 0 Å². The van der Waals surface area contributed by atoms with Gasteiger partial charge in [-0.1, -0.05) is 40.0 Å². The van der Waals surface area contributed by atoms with Crippen LogP contribution >= 0.6 is 0 Å². The molecule has 1 radical (unpaired) electrons. The average Bonchev–Trinajstić information content (AvgIpc) is 2.78. The van der Waals surface area contributed by atoms with E-state index in [9.17, 15) is 41.9 Å². The minimum atomic E-state index is -2.05. The zero-order valence-electron chi connectivity index (χ0n) is 20.3. The first-order chi connectivity index (χ1) is 15.3. The number of carbonyl (C=O) groups excluding carboxylic acids is 6. The van der Waals surface area contributed by atoms with Gasteiger partial charge in [0.15, 0.2) is 35.9 Å². The second-order valence-electron chi connectivity index (χ2n) is 6.58. The quantitative estimate of drug-likeness (QED) is 0.275. The Kier molecular flexibility index (Phi) is 27.4. The summed E-state index contributed by atoms with van der Waals surface area (Å²) < 4.78 is 37.3. The van der Waals surface area contributed by atoms with E-state index in [1.807, 2.05) is 20.8 Å². The molecule has 0 fully saturated rings. The van der Waals surface area contributed by atoms with E-state index >= 15 is 0 Å². The molecule has 0 spiro atoms. The van der Waals surface area contributed by atoms with Crippen LogP contribution in [-0.4, -0.2) is 73.2 Å². The van der Waals surface area contributed by atoms with Gasteiger partial charge in [-0.2, -0.15) is 0 Å². The normalized spacial score (nSPS) is 11.9. The van der Waals surface area contributed by atoms with Crippen molar-refractivity contribution in [3.05, 3.63) is 16.0 Å². The number of halogens is 3. The minimum absolute atomic E-state index is 0. The third-order valence-corrected chi connectivity index (χ3v) is 3.19. The first kappa shape index (κ1) is 39.0. The number of carbonyl (C=O) groups is 6. The van der Waals surface area contributed by atoms with Crippen LogP contribution in [-0.2, 0) is 45.8 Å². The number of hydrogen-bond donors (Lipinski definition) is 0. The summed E-state index contributed by atoms with van der Waals surface area (Å²) in [6.07, 6.45) is -4.13. The summed E-state index contributed by atoms with van der Waals surface area (Å²) in [4.78, 5) is 62.6. The van der Waals surface area contributed by atoms with Gasteiger partial charge in [-0.05, 0) is 20.8 Å². The molecule has 3 unspecified atom stereocenters. The molecule has 0 aliphatic rings. The van der Waals surface area contributed by atoms with E-state index < -0.39 is 53.6 Å². The van der Waals surface area contributed by atoms with Gasteiger partial charge in [0.2, 0.25) is 0 Å². The molecule has 0 aliphatic carbocycles. The minimum Gasteiger partial charge on any atom is -0.650 e. The van der Waals surface area contributed by atoms with Gasteiger partial charge in [0.05, 0.1) is 17.7 Å². The van der Waals surface area contributed by atoms with Crippen LogP contribution in [0.2, 0.25) is 0 Å². The van der Waals surface area contributed by atoms with Gasteiger partial charge in [0.1, 0.15) is 0 Å². The van der Waals surface area contributed by atoms with Crippen molar-refractivity contribution in [1.82, 2.24) is 0 Å². The predicted octanol–water partition coefficient (Wildman–Crippen LogP) is 3.67. The van der Waals surface area contributed by atoms with Gasteiger partial charge < -0.3 is 30.3 Å². The van der Waals surface area contributed by atoms with Crippen LogP contribution in [0.3, 0.4) is 0 Å². The molecule has 197 valence electrons. The van der Waals surface area contributed by atoms with E-state index in [0.29, 0.717) is 19.3 Å². The molecule has 0 saturated carbocycles. The molecular formula is C21H33F3FeN3O6. The summed E-state index contributed by atoms with van der Waals surface area (Å²) in [7, 11) is 0. The number of Topliss-reactive ketones (excluding diaryl/α,β-unsaturated/α-hetero) is 3. The van der Waals surface area contributed by atoms with E-state index in [1.54, 1.807) is 0 Å². The molecule has 0 aromatic carbocycles. The zero-order chi connectivity index (χ0) is 26.6. The van der Waals surface area contributed by atoms with Crippen molar-refractivity contribution in [2.75, 3.05) is 19.6 Å². The molecule has 0 saturated heterocycles. The fourth-order valence-electron chi connectivity index (χ4n) is 1.43. The maximum absolute atomic E-state index is 12.4. The van der Waals surface area contributed by atoms with Crippen LogP contribution in [0.15, 0.2) is 0 Å². The van der Waals surface area contributed by atoms with Crippen LogP contribution < -0.4 is 0 Å².